The largest absolute Gasteiger partial charge is 0.480 e. The first-order valence-electron chi connectivity index (χ1n) is 5.48. The highest BCUT2D eigenvalue weighted by Crippen LogP contribution is 2.25. The summed E-state index contributed by atoms with van der Waals surface area (Å²) in [5.74, 6) is -1.21. The fourth-order valence-corrected chi connectivity index (χ4v) is 3.73. The lowest BCUT2D eigenvalue weighted by Crippen LogP contribution is -2.40. The van der Waals surface area contributed by atoms with Crippen molar-refractivity contribution < 1.29 is 18.3 Å². The Labute approximate surface area is 125 Å². The molecule has 1 unspecified atom stereocenters. The fourth-order valence-electron chi connectivity index (χ4n) is 1.47. The zero-order valence-corrected chi connectivity index (χ0v) is 13.2. The van der Waals surface area contributed by atoms with E-state index in [9.17, 15) is 13.2 Å². The number of hydrogen-bond acceptors (Lipinski definition) is 3. The summed E-state index contributed by atoms with van der Waals surface area (Å²) in [5.41, 5.74) is 0. The number of halogens is 2. The molecule has 19 heavy (non-hydrogen) atoms. The summed E-state index contributed by atoms with van der Waals surface area (Å²) in [7, 11) is -3.96. The number of nitrogens with one attached hydrogen (secondary N) is 1. The number of carboxylic acid groups (broad SMARTS) is 1. The molecular formula is C11H13BrClNO4S. The molecule has 0 aromatic heterocycles. The normalized spacial score (nSPS) is 13.2. The average molecular weight is 371 g/mol. The quantitative estimate of drug-likeness (QED) is 0.806. The van der Waals surface area contributed by atoms with Gasteiger partial charge in [0.05, 0.1) is 5.02 Å². The van der Waals surface area contributed by atoms with E-state index in [0.29, 0.717) is 10.9 Å². The van der Waals surface area contributed by atoms with Gasteiger partial charge in [-0.05, 0) is 24.6 Å². The van der Waals surface area contributed by atoms with Crippen molar-refractivity contribution in [3.8, 4) is 0 Å². The van der Waals surface area contributed by atoms with Gasteiger partial charge in [-0.3, -0.25) is 4.79 Å². The van der Waals surface area contributed by atoms with Crippen LogP contribution >= 0.6 is 27.5 Å². The molecule has 0 heterocycles. The molecule has 0 aliphatic carbocycles. The number of carboxylic acids is 1. The Balaban J connectivity index is 3.06. The molecule has 0 aliphatic rings. The van der Waals surface area contributed by atoms with Crippen LogP contribution in [0.5, 0.6) is 0 Å². The maximum absolute atomic E-state index is 12.1. The maximum Gasteiger partial charge on any atom is 0.321 e. The van der Waals surface area contributed by atoms with Crippen LogP contribution in [-0.2, 0) is 14.8 Å². The third-order valence-corrected chi connectivity index (χ3v) is 4.80. The van der Waals surface area contributed by atoms with Crippen LogP contribution in [0.15, 0.2) is 27.6 Å². The van der Waals surface area contributed by atoms with E-state index in [1.54, 1.807) is 6.92 Å². The van der Waals surface area contributed by atoms with E-state index in [4.69, 9.17) is 16.7 Å². The predicted molar refractivity (Wildman–Crippen MR) is 75.8 cm³/mol. The van der Waals surface area contributed by atoms with Crippen LogP contribution in [0, 0.1) is 0 Å². The second-order valence-electron chi connectivity index (χ2n) is 3.88. The molecule has 0 saturated heterocycles. The molecule has 1 aromatic carbocycles. The summed E-state index contributed by atoms with van der Waals surface area (Å²) >= 11 is 9.03. The van der Waals surface area contributed by atoms with Crippen LogP contribution in [-0.4, -0.2) is 25.5 Å². The van der Waals surface area contributed by atoms with E-state index in [1.165, 1.54) is 18.2 Å². The second kappa shape index (κ2) is 6.69. The Morgan fingerprint density at radius 3 is 2.63 bits per heavy atom. The van der Waals surface area contributed by atoms with Gasteiger partial charge < -0.3 is 5.11 Å². The molecule has 0 fully saturated rings. The van der Waals surface area contributed by atoms with E-state index in [2.05, 4.69) is 20.7 Å². The van der Waals surface area contributed by atoms with Crippen LogP contribution in [0.4, 0.5) is 0 Å². The van der Waals surface area contributed by atoms with E-state index >= 15 is 0 Å². The van der Waals surface area contributed by atoms with Crippen molar-refractivity contribution in [1.29, 1.82) is 0 Å². The Hall–Kier alpha value is -0.630. The second-order valence-corrected chi connectivity index (χ2v) is 6.88. The molecule has 1 atom stereocenters. The number of carbonyl (C=O) groups is 1. The monoisotopic (exact) mass is 369 g/mol. The first-order chi connectivity index (χ1) is 8.77. The van der Waals surface area contributed by atoms with Gasteiger partial charge in [-0.25, -0.2) is 8.42 Å². The van der Waals surface area contributed by atoms with Gasteiger partial charge in [0.15, 0.2) is 0 Å². The highest BCUT2D eigenvalue weighted by Gasteiger charge is 2.26. The van der Waals surface area contributed by atoms with Crippen molar-refractivity contribution in [3.63, 3.8) is 0 Å². The average Bonchev–Trinajstić information content (AvgIpc) is 2.27. The zero-order valence-electron chi connectivity index (χ0n) is 10.1. The number of rotatable bonds is 6. The molecule has 0 radical (unpaired) electrons. The van der Waals surface area contributed by atoms with Gasteiger partial charge in [-0.2, -0.15) is 4.72 Å². The van der Waals surface area contributed by atoms with Crippen molar-refractivity contribution in [3.05, 3.63) is 27.7 Å². The van der Waals surface area contributed by atoms with Crippen molar-refractivity contribution in [2.75, 3.05) is 0 Å². The van der Waals surface area contributed by atoms with E-state index in [1.807, 2.05) is 0 Å². The predicted octanol–water partition coefficient (Wildman–Crippen LogP) is 2.63. The molecular weight excluding hydrogens is 358 g/mol. The summed E-state index contributed by atoms with van der Waals surface area (Å²) in [6.45, 7) is 1.77. The molecule has 2 N–H and O–H groups in total. The first kappa shape index (κ1) is 16.4. The molecule has 1 rings (SSSR count). The van der Waals surface area contributed by atoms with Gasteiger partial charge in [-0.1, -0.05) is 40.9 Å². The number of aliphatic carboxylic acids is 1. The topological polar surface area (TPSA) is 83.5 Å². The summed E-state index contributed by atoms with van der Waals surface area (Å²) in [6, 6.07) is 3.12. The zero-order chi connectivity index (χ0) is 14.6. The minimum Gasteiger partial charge on any atom is -0.480 e. The smallest absolute Gasteiger partial charge is 0.321 e. The van der Waals surface area contributed by atoms with Gasteiger partial charge in [0, 0.05) is 4.47 Å². The Morgan fingerprint density at radius 2 is 2.16 bits per heavy atom. The minimum absolute atomic E-state index is 0.0301. The molecule has 0 bridgehead atoms. The van der Waals surface area contributed by atoms with Gasteiger partial charge in [0.1, 0.15) is 10.9 Å². The molecule has 1 aromatic rings. The molecule has 106 valence electrons. The summed E-state index contributed by atoms with van der Waals surface area (Å²) in [6.07, 6.45) is 0.760. The summed E-state index contributed by atoms with van der Waals surface area (Å²) in [4.78, 5) is 10.8. The Bertz CT molecular complexity index is 576. The highest BCUT2D eigenvalue weighted by atomic mass is 79.9. The van der Waals surface area contributed by atoms with Crippen LogP contribution in [0.25, 0.3) is 0 Å². The summed E-state index contributed by atoms with van der Waals surface area (Å²) in [5, 5.41) is 8.99. The molecule has 8 heteroatoms. The molecule has 0 saturated carbocycles. The SMILES string of the molecule is CCCC(NS(=O)(=O)c1ccc(Br)cc1Cl)C(=O)O. The molecule has 0 aliphatic heterocycles. The lowest BCUT2D eigenvalue weighted by molar-refractivity contribution is -0.139. The Morgan fingerprint density at radius 1 is 1.53 bits per heavy atom. The Kier molecular flexibility index (Phi) is 5.79. The van der Waals surface area contributed by atoms with Crippen molar-refractivity contribution in [2.45, 2.75) is 30.7 Å². The van der Waals surface area contributed by atoms with Crippen molar-refractivity contribution in [2.24, 2.45) is 0 Å². The van der Waals surface area contributed by atoms with E-state index in [-0.39, 0.29) is 16.3 Å². The lowest BCUT2D eigenvalue weighted by atomic mass is 10.2. The molecule has 0 spiro atoms. The van der Waals surface area contributed by atoms with Gasteiger partial charge in [0.2, 0.25) is 10.0 Å². The van der Waals surface area contributed by atoms with Gasteiger partial charge >= 0.3 is 5.97 Å². The van der Waals surface area contributed by atoms with Crippen LogP contribution < -0.4 is 4.72 Å². The van der Waals surface area contributed by atoms with Crippen molar-refractivity contribution >= 4 is 43.5 Å². The van der Waals surface area contributed by atoms with Gasteiger partial charge in [0.25, 0.3) is 0 Å². The number of sulfonamides is 1. The third-order valence-electron chi connectivity index (χ3n) is 2.36. The van der Waals surface area contributed by atoms with Crippen molar-refractivity contribution in [1.82, 2.24) is 4.72 Å². The first-order valence-corrected chi connectivity index (χ1v) is 8.13. The molecule has 0 amide bonds. The van der Waals surface area contributed by atoms with Gasteiger partial charge in [-0.15, -0.1) is 0 Å². The fraction of sp³-hybridized carbons (Fsp3) is 0.364. The van der Waals surface area contributed by atoms with Crippen LogP contribution in [0.1, 0.15) is 19.8 Å². The lowest BCUT2D eigenvalue weighted by Gasteiger charge is -2.14. The van der Waals surface area contributed by atoms with Crippen LogP contribution in [0.2, 0.25) is 5.02 Å². The molecule has 5 nitrogen and oxygen atoms in total. The summed E-state index contributed by atoms with van der Waals surface area (Å²) < 4.78 is 26.9. The third kappa shape index (κ3) is 4.45. The number of benzene rings is 1. The maximum atomic E-state index is 12.1. The van der Waals surface area contributed by atoms with Crippen LogP contribution in [0.3, 0.4) is 0 Å². The number of hydrogen-bond donors (Lipinski definition) is 2. The standard InChI is InChI=1S/C11H13BrClNO4S/c1-2-3-9(11(15)16)14-19(17,18)10-5-4-7(12)6-8(10)13/h4-6,9,14H,2-3H2,1H3,(H,15,16). The van der Waals surface area contributed by atoms with E-state index in [0.717, 1.165) is 0 Å². The minimum atomic E-state index is -3.96. The highest BCUT2D eigenvalue weighted by molar-refractivity contribution is 9.10. The van der Waals surface area contributed by atoms with E-state index < -0.39 is 22.0 Å².